The van der Waals surface area contributed by atoms with Crippen LogP contribution < -0.4 is 16.0 Å². The molecule has 1 aromatic heterocycles. The monoisotopic (exact) mass is 378 g/mol. The van der Waals surface area contributed by atoms with E-state index in [1.54, 1.807) is 0 Å². The zero-order valence-electron chi connectivity index (χ0n) is 16.2. The van der Waals surface area contributed by atoms with Crippen molar-refractivity contribution >= 4 is 22.8 Å². The average Bonchev–Trinajstić information content (AvgIpc) is 3.09. The molecule has 0 bridgehead atoms. The van der Waals surface area contributed by atoms with Crippen molar-refractivity contribution in [3.8, 4) is 0 Å². The van der Waals surface area contributed by atoms with Gasteiger partial charge in [0, 0.05) is 36.1 Å². The van der Waals surface area contributed by atoms with E-state index in [0.29, 0.717) is 13.0 Å². The molecule has 28 heavy (non-hydrogen) atoms. The first kappa shape index (κ1) is 19.5. The van der Waals surface area contributed by atoms with E-state index in [4.69, 9.17) is 0 Å². The minimum absolute atomic E-state index is 0.00727. The highest BCUT2D eigenvalue weighted by molar-refractivity contribution is 5.89. The molecule has 0 spiro atoms. The third kappa shape index (κ3) is 5.13. The van der Waals surface area contributed by atoms with Gasteiger partial charge < -0.3 is 20.9 Å². The van der Waals surface area contributed by atoms with Gasteiger partial charge in [-0.05, 0) is 31.0 Å². The first-order chi connectivity index (χ1) is 13.5. The molecule has 6 nitrogen and oxygen atoms in total. The number of aromatic nitrogens is 1. The van der Waals surface area contributed by atoms with Crippen molar-refractivity contribution in [1.29, 1.82) is 0 Å². The van der Waals surface area contributed by atoms with Gasteiger partial charge in [-0.25, -0.2) is 4.79 Å². The molecule has 0 saturated heterocycles. The number of rotatable bonds is 7. The van der Waals surface area contributed by atoms with Crippen molar-refractivity contribution in [3.05, 3.63) is 71.9 Å². The Kier molecular flexibility index (Phi) is 6.32. The molecule has 0 saturated carbocycles. The van der Waals surface area contributed by atoms with E-state index in [-0.39, 0.29) is 18.0 Å². The first-order valence-corrected chi connectivity index (χ1v) is 9.46. The molecule has 3 aromatic rings. The first-order valence-electron chi connectivity index (χ1n) is 9.46. The maximum atomic E-state index is 12.7. The summed E-state index contributed by atoms with van der Waals surface area (Å²) in [7, 11) is 0. The summed E-state index contributed by atoms with van der Waals surface area (Å²) in [4.78, 5) is 28.3. The van der Waals surface area contributed by atoms with Crippen LogP contribution in [0.4, 0.5) is 4.79 Å². The number of fused-ring (bicyclic) bond motifs is 1. The van der Waals surface area contributed by atoms with Gasteiger partial charge in [-0.1, -0.05) is 48.5 Å². The Balaban J connectivity index is 1.69. The van der Waals surface area contributed by atoms with Gasteiger partial charge in [-0.15, -0.1) is 0 Å². The number of para-hydroxylation sites is 1. The summed E-state index contributed by atoms with van der Waals surface area (Å²) < 4.78 is 0. The lowest BCUT2D eigenvalue weighted by molar-refractivity contribution is -0.123. The van der Waals surface area contributed by atoms with Crippen LogP contribution in [0.15, 0.2) is 60.8 Å². The van der Waals surface area contributed by atoms with Gasteiger partial charge in [0.2, 0.25) is 5.91 Å². The molecule has 1 heterocycles. The molecule has 1 unspecified atom stereocenters. The van der Waals surface area contributed by atoms with Gasteiger partial charge in [0.1, 0.15) is 6.04 Å². The lowest BCUT2D eigenvalue weighted by atomic mass is 10.0. The number of aromatic amines is 1. The van der Waals surface area contributed by atoms with Crippen molar-refractivity contribution in [2.24, 2.45) is 0 Å². The molecule has 6 heteroatoms. The number of hydrogen-bond donors (Lipinski definition) is 4. The highest BCUT2D eigenvalue weighted by Crippen LogP contribution is 2.19. The Morgan fingerprint density at radius 2 is 1.68 bits per heavy atom. The quantitative estimate of drug-likeness (QED) is 0.509. The van der Waals surface area contributed by atoms with Gasteiger partial charge in [0.05, 0.1) is 0 Å². The molecule has 3 amide bonds. The number of carbonyl (C=O) groups excluding carboxylic acids is 2. The minimum atomic E-state index is -0.669. The Bertz CT molecular complexity index is 934. The fourth-order valence-electron chi connectivity index (χ4n) is 3.10. The maximum absolute atomic E-state index is 12.7. The van der Waals surface area contributed by atoms with E-state index in [1.165, 1.54) is 0 Å². The molecular weight excluding hydrogens is 352 g/mol. The zero-order chi connectivity index (χ0) is 19.9. The summed E-state index contributed by atoms with van der Waals surface area (Å²) >= 11 is 0. The van der Waals surface area contributed by atoms with E-state index >= 15 is 0 Å². The van der Waals surface area contributed by atoms with E-state index in [0.717, 1.165) is 22.0 Å². The predicted molar refractivity (Wildman–Crippen MR) is 111 cm³/mol. The van der Waals surface area contributed by atoms with Crippen LogP contribution >= 0.6 is 0 Å². The molecule has 3 rings (SSSR count). The number of carbonyl (C=O) groups is 2. The minimum Gasteiger partial charge on any atom is -0.361 e. The summed E-state index contributed by atoms with van der Waals surface area (Å²) in [6, 6.07) is 16.5. The van der Waals surface area contributed by atoms with Crippen molar-refractivity contribution < 1.29 is 9.59 Å². The van der Waals surface area contributed by atoms with E-state index < -0.39 is 6.04 Å². The molecule has 1 atom stereocenters. The van der Waals surface area contributed by atoms with Crippen LogP contribution in [0, 0.1) is 0 Å². The van der Waals surface area contributed by atoms with Gasteiger partial charge in [0.25, 0.3) is 0 Å². The lowest BCUT2D eigenvalue weighted by Gasteiger charge is -2.20. The molecular formula is C22H26N4O2. The Labute approximate surface area is 164 Å². The van der Waals surface area contributed by atoms with Crippen molar-refractivity contribution in [3.63, 3.8) is 0 Å². The SMILES string of the molecule is CC(C)NC(=O)C(Cc1c[nH]c2ccccc12)NC(=O)NCc1ccccc1. The highest BCUT2D eigenvalue weighted by atomic mass is 16.2. The second-order valence-electron chi connectivity index (χ2n) is 7.09. The van der Waals surface area contributed by atoms with Crippen LogP contribution in [0.1, 0.15) is 25.0 Å². The molecule has 0 radical (unpaired) electrons. The van der Waals surface area contributed by atoms with Crippen LogP contribution in [0.2, 0.25) is 0 Å². The number of nitrogens with one attached hydrogen (secondary N) is 4. The lowest BCUT2D eigenvalue weighted by Crippen LogP contribution is -2.52. The van der Waals surface area contributed by atoms with E-state index in [9.17, 15) is 9.59 Å². The van der Waals surface area contributed by atoms with Crippen LogP contribution in [-0.2, 0) is 17.8 Å². The number of hydrogen-bond acceptors (Lipinski definition) is 2. The number of H-pyrrole nitrogens is 1. The smallest absolute Gasteiger partial charge is 0.315 e. The topological polar surface area (TPSA) is 86.0 Å². The molecule has 0 aliphatic rings. The second kappa shape index (κ2) is 9.08. The van der Waals surface area contributed by atoms with Gasteiger partial charge in [-0.2, -0.15) is 0 Å². The van der Waals surface area contributed by atoms with Crippen LogP contribution in [0.25, 0.3) is 10.9 Å². The van der Waals surface area contributed by atoms with Crippen LogP contribution in [0.5, 0.6) is 0 Å². The van der Waals surface area contributed by atoms with Gasteiger partial charge in [0.15, 0.2) is 0 Å². The predicted octanol–water partition coefficient (Wildman–Crippen LogP) is 3.10. The molecule has 146 valence electrons. The largest absolute Gasteiger partial charge is 0.361 e. The Morgan fingerprint density at radius 3 is 2.43 bits per heavy atom. The van der Waals surface area contributed by atoms with E-state index in [1.807, 2.05) is 74.6 Å². The maximum Gasteiger partial charge on any atom is 0.315 e. The third-order valence-electron chi connectivity index (χ3n) is 4.45. The number of urea groups is 1. The molecule has 0 fully saturated rings. The fraction of sp³-hybridized carbons (Fsp3) is 0.273. The fourth-order valence-corrected chi connectivity index (χ4v) is 3.10. The summed E-state index contributed by atoms with van der Waals surface area (Å²) in [6.45, 7) is 4.20. The molecule has 4 N–H and O–H groups in total. The second-order valence-corrected chi connectivity index (χ2v) is 7.09. The molecule has 0 aliphatic carbocycles. The third-order valence-corrected chi connectivity index (χ3v) is 4.45. The van der Waals surface area contributed by atoms with Crippen molar-refractivity contribution in [2.75, 3.05) is 0 Å². The number of amides is 3. The van der Waals surface area contributed by atoms with Crippen molar-refractivity contribution in [2.45, 2.75) is 38.9 Å². The Morgan fingerprint density at radius 1 is 0.964 bits per heavy atom. The summed E-state index contributed by atoms with van der Waals surface area (Å²) in [6.07, 6.45) is 2.30. The van der Waals surface area contributed by atoms with Gasteiger partial charge in [-0.3, -0.25) is 4.79 Å². The molecule has 0 aliphatic heterocycles. The van der Waals surface area contributed by atoms with Gasteiger partial charge >= 0.3 is 6.03 Å². The summed E-state index contributed by atoms with van der Waals surface area (Å²) in [5.74, 6) is -0.199. The van der Waals surface area contributed by atoms with Crippen molar-refractivity contribution in [1.82, 2.24) is 20.9 Å². The van der Waals surface area contributed by atoms with Crippen LogP contribution in [0.3, 0.4) is 0 Å². The molecule has 2 aromatic carbocycles. The average molecular weight is 378 g/mol. The number of benzene rings is 2. The van der Waals surface area contributed by atoms with E-state index in [2.05, 4.69) is 20.9 Å². The Hall–Kier alpha value is -3.28. The normalized spacial score (nSPS) is 12.0. The summed E-state index contributed by atoms with van der Waals surface area (Å²) in [5.41, 5.74) is 2.99. The standard InChI is InChI=1S/C22H26N4O2/c1-15(2)25-21(27)20(12-17-14-23-19-11-7-6-10-18(17)19)26-22(28)24-13-16-8-4-3-5-9-16/h3-11,14-15,20,23H,12-13H2,1-2H3,(H,25,27)(H2,24,26,28). The summed E-state index contributed by atoms with van der Waals surface area (Å²) in [5, 5.41) is 9.58. The van der Waals surface area contributed by atoms with Crippen LogP contribution in [-0.4, -0.2) is 29.0 Å². The zero-order valence-corrected chi connectivity index (χ0v) is 16.2. The highest BCUT2D eigenvalue weighted by Gasteiger charge is 2.23.